The van der Waals surface area contributed by atoms with E-state index >= 15 is 0 Å². The van der Waals surface area contributed by atoms with E-state index in [1.54, 1.807) is 30.7 Å². The standard InChI is InChI=1S/C15H16N2O3/c1-15(2)8-20-13-5-4-10(14(18)19-3)6-11(13)12-7-16-9-17(12)15/h4-7,9H,8H2,1-3H3. The van der Waals surface area contributed by atoms with E-state index < -0.39 is 0 Å². The zero-order chi connectivity index (χ0) is 14.3. The predicted octanol–water partition coefficient (Wildman–Crippen LogP) is 2.46. The number of imidazole rings is 1. The van der Waals surface area contributed by atoms with Crippen molar-refractivity contribution < 1.29 is 14.3 Å². The lowest BCUT2D eigenvalue weighted by atomic mass is 10.0. The monoisotopic (exact) mass is 272 g/mol. The van der Waals surface area contributed by atoms with E-state index in [0.29, 0.717) is 12.2 Å². The van der Waals surface area contributed by atoms with Crippen LogP contribution in [0.2, 0.25) is 0 Å². The maximum atomic E-state index is 11.7. The first-order valence-corrected chi connectivity index (χ1v) is 6.41. The Labute approximate surface area is 117 Å². The van der Waals surface area contributed by atoms with E-state index in [4.69, 9.17) is 9.47 Å². The predicted molar refractivity (Wildman–Crippen MR) is 73.8 cm³/mol. The number of methoxy groups -OCH3 is 1. The molecule has 0 N–H and O–H groups in total. The summed E-state index contributed by atoms with van der Waals surface area (Å²) in [6.07, 6.45) is 3.58. The highest BCUT2D eigenvalue weighted by Crippen LogP contribution is 2.37. The number of esters is 1. The van der Waals surface area contributed by atoms with Crippen LogP contribution in [0.3, 0.4) is 0 Å². The van der Waals surface area contributed by atoms with Crippen molar-refractivity contribution in [3.8, 4) is 17.0 Å². The van der Waals surface area contributed by atoms with Crippen molar-refractivity contribution >= 4 is 5.97 Å². The molecule has 5 heteroatoms. The number of nitrogens with zero attached hydrogens (tertiary/aromatic N) is 2. The van der Waals surface area contributed by atoms with Gasteiger partial charge in [0.2, 0.25) is 0 Å². The van der Waals surface area contributed by atoms with Crippen LogP contribution in [0.25, 0.3) is 11.3 Å². The molecular formula is C15H16N2O3. The highest BCUT2D eigenvalue weighted by molar-refractivity contribution is 5.91. The number of carbonyl (C=O) groups is 1. The molecular weight excluding hydrogens is 256 g/mol. The normalized spacial score (nSPS) is 15.6. The lowest BCUT2D eigenvalue weighted by molar-refractivity contribution is 0.0600. The Morgan fingerprint density at radius 3 is 3.00 bits per heavy atom. The van der Waals surface area contributed by atoms with Gasteiger partial charge in [-0.3, -0.25) is 0 Å². The fraction of sp³-hybridized carbons (Fsp3) is 0.333. The molecule has 104 valence electrons. The molecule has 20 heavy (non-hydrogen) atoms. The van der Waals surface area contributed by atoms with Crippen LogP contribution >= 0.6 is 0 Å². The van der Waals surface area contributed by atoms with Gasteiger partial charge in [-0.1, -0.05) is 0 Å². The molecule has 0 unspecified atom stereocenters. The van der Waals surface area contributed by atoms with E-state index in [-0.39, 0.29) is 11.5 Å². The molecule has 2 heterocycles. The lowest BCUT2D eigenvalue weighted by Crippen LogP contribution is -2.31. The summed E-state index contributed by atoms with van der Waals surface area (Å²) in [6.45, 7) is 4.72. The van der Waals surface area contributed by atoms with Crippen LogP contribution in [0.4, 0.5) is 0 Å². The molecule has 0 radical (unpaired) electrons. The number of hydrogen-bond donors (Lipinski definition) is 0. The van der Waals surface area contributed by atoms with Crippen LogP contribution in [0, 0.1) is 0 Å². The number of ether oxygens (including phenoxy) is 2. The molecule has 2 aromatic rings. The molecule has 3 rings (SSSR count). The molecule has 1 aromatic heterocycles. The Morgan fingerprint density at radius 2 is 2.25 bits per heavy atom. The van der Waals surface area contributed by atoms with Crippen molar-refractivity contribution in [2.24, 2.45) is 0 Å². The van der Waals surface area contributed by atoms with Crippen molar-refractivity contribution in [3.05, 3.63) is 36.3 Å². The third kappa shape index (κ3) is 1.86. The molecule has 0 atom stereocenters. The van der Waals surface area contributed by atoms with Gasteiger partial charge in [0.05, 0.1) is 36.4 Å². The van der Waals surface area contributed by atoms with Gasteiger partial charge in [-0.2, -0.15) is 0 Å². The molecule has 0 bridgehead atoms. The maximum absolute atomic E-state index is 11.7. The number of rotatable bonds is 1. The summed E-state index contributed by atoms with van der Waals surface area (Å²) < 4.78 is 12.7. The van der Waals surface area contributed by atoms with Gasteiger partial charge in [0.25, 0.3) is 0 Å². The Balaban J connectivity index is 2.20. The van der Waals surface area contributed by atoms with E-state index in [9.17, 15) is 4.79 Å². The largest absolute Gasteiger partial charge is 0.490 e. The molecule has 1 aliphatic heterocycles. The molecule has 5 nitrogen and oxygen atoms in total. The van der Waals surface area contributed by atoms with Gasteiger partial charge in [0.1, 0.15) is 12.4 Å². The Bertz CT molecular complexity index is 674. The first-order chi connectivity index (χ1) is 9.53. The van der Waals surface area contributed by atoms with Gasteiger partial charge in [-0.15, -0.1) is 0 Å². The molecule has 0 saturated carbocycles. The number of aromatic nitrogens is 2. The summed E-state index contributed by atoms with van der Waals surface area (Å²) in [5, 5.41) is 0. The van der Waals surface area contributed by atoms with E-state index in [1.165, 1.54) is 7.11 Å². The zero-order valence-electron chi connectivity index (χ0n) is 11.7. The Hall–Kier alpha value is -2.30. The van der Waals surface area contributed by atoms with Crippen LogP contribution in [-0.4, -0.2) is 29.2 Å². The molecule has 1 aromatic carbocycles. The lowest BCUT2D eigenvalue weighted by Gasteiger charge is -2.25. The van der Waals surface area contributed by atoms with Crippen LogP contribution in [-0.2, 0) is 10.3 Å². The first-order valence-electron chi connectivity index (χ1n) is 6.41. The SMILES string of the molecule is COC(=O)c1ccc2c(c1)-c1cncn1C(C)(C)CO2. The molecule has 0 fully saturated rings. The highest BCUT2D eigenvalue weighted by atomic mass is 16.5. The summed E-state index contributed by atoms with van der Waals surface area (Å²) in [4.78, 5) is 15.9. The molecule has 0 aliphatic carbocycles. The van der Waals surface area contributed by atoms with Crippen LogP contribution in [0.5, 0.6) is 5.75 Å². The quantitative estimate of drug-likeness (QED) is 0.748. The van der Waals surface area contributed by atoms with Gasteiger partial charge in [0, 0.05) is 5.56 Å². The van der Waals surface area contributed by atoms with Crippen molar-refractivity contribution in [1.29, 1.82) is 0 Å². The van der Waals surface area contributed by atoms with Crippen molar-refractivity contribution in [2.75, 3.05) is 13.7 Å². The molecule has 1 aliphatic rings. The summed E-state index contributed by atoms with van der Waals surface area (Å²) in [5.41, 5.74) is 2.10. The topological polar surface area (TPSA) is 53.3 Å². The molecule has 0 spiro atoms. The fourth-order valence-electron chi connectivity index (χ4n) is 2.40. The maximum Gasteiger partial charge on any atom is 0.337 e. The first kappa shape index (κ1) is 12.7. The minimum atomic E-state index is -0.359. The third-order valence-corrected chi connectivity index (χ3v) is 3.55. The van der Waals surface area contributed by atoms with E-state index in [0.717, 1.165) is 17.0 Å². The van der Waals surface area contributed by atoms with Gasteiger partial charge in [-0.05, 0) is 32.0 Å². The van der Waals surface area contributed by atoms with Crippen molar-refractivity contribution in [2.45, 2.75) is 19.4 Å². The minimum Gasteiger partial charge on any atom is -0.490 e. The van der Waals surface area contributed by atoms with Gasteiger partial charge in [-0.25, -0.2) is 9.78 Å². The Morgan fingerprint density at radius 1 is 1.45 bits per heavy atom. The Kier molecular flexibility index (Phi) is 2.78. The minimum absolute atomic E-state index is 0.198. The molecule has 0 saturated heterocycles. The third-order valence-electron chi connectivity index (χ3n) is 3.55. The zero-order valence-corrected chi connectivity index (χ0v) is 11.7. The second kappa shape index (κ2) is 4.37. The van der Waals surface area contributed by atoms with Gasteiger partial charge < -0.3 is 14.0 Å². The number of benzene rings is 1. The van der Waals surface area contributed by atoms with Crippen LogP contribution in [0.1, 0.15) is 24.2 Å². The van der Waals surface area contributed by atoms with Crippen molar-refractivity contribution in [1.82, 2.24) is 9.55 Å². The second-order valence-corrected chi connectivity index (χ2v) is 5.45. The van der Waals surface area contributed by atoms with Crippen LogP contribution < -0.4 is 4.74 Å². The van der Waals surface area contributed by atoms with E-state index in [1.807, 2.05) is 0 Å². The highest BCUT2D eigenvalue weighted by Gasteiger charge is 2.29. The smallest absolute Gasteiger partial charge is 0.337 e. The van der Waals surface area contributed by atoms with Gasteiger partial charge >= 0.3 is 5.97 Å². The van der Waals surface area contributed by atoms with Crippen molar-refractivity contribution in [3.63, 3.8) is 0 Å². The number of hydrogen-bond acceptors (Lipinski definition) is 4. The van der Waals surface area contributed by atoms with E-state index in [2.05, 4.69) is 23.4 Å². The van der Waals surface area contributed by atoms with Gasteiger partial charge in [0.15, 0.2) is 0 Å². The molecule has 0 amide bonds. The summed E-state index contributed by atoms with van der Waals surface area (Å²) in [7, 11) is 1.37. The summed E-state index contributed by atoms with van der Waals surface area (Å²) in [6, 6.07) is 5.31. The summed E-state index contributed by atoms with van der Waals surface area (Å²) >= 11 is 0. The second-order valence-electron chi connectivity index (χ2n) is 5.45. The number of carbonyl (C=O) groups excluding carboxylic acids is 1. The number of fused-ring (bicyclic) bond motifs is 3. The average Bonchev–Trinajstić information content (AvgIpc) is 2.91. The van der Waals surface area contributed by atoms with Crippen LogP contribution in [0.15, 0.2) is 30.7 Å². The summed E-state index contributed by atoms with van der Waals surface area (Å²) in [5.74, 6) is 0.396. The average molecular weight is 272 g/mol. The fourth-order valence-corrected chi connectivity index (χ4v) is 2.40.